The van der Waals surface area contributed by atoms with Gasteiger partial charge in [0.2, 0.25) is 5.91 Å². The minimum atomic E-state index is -0.795. The molecule has 2 atom stereocenters. The van der Waals surface area contributed by atoms with Crippen LogP contribution in [0.1, 0.15) is 42.5 Å². The lowest BCUT2D eigenvalue weighted by Crippen LogP contribution is -2.37. The molecule has 1 saturated carbocycles. The number of amides is 1. The quantitative estimate of drug-likeness (QED) is 0.322. The van der Waals surface area contributed by atoms with Crippen LogP contribution in [-0.2, 0) is 9.53 Å². The predicted molar refractivity (Wildman–Crippen MR) is 137 cm³/mol. The molecule has 4 aromatic rings. The highest BCUT2D eigenvalue weighted by Gasteiger charge is 2.36. The Balaban J connectivity index is 1.41. The molecule has 1 aliphatic carbocycles. The van der Waals surface area contributed by atoms with Crippen molar-refractivity contribution in [1.29, 1.82) is 0 Å². The number of likely N-dealkylation sites (tertiary alicyclic amines) is 1. The summed E-state index contributed by atoms with van der Waals surface area (Å²) in [6, 6.07) is 1.23. The molecule has 0 bridgehead atoms. The van der Waals surface area contributed by atoms with E-state index in [4.69, 9.17) is 10.5 Å². The molecule has 2 aliphatic rings. The molecule has 1 amide bonds. The molecule has 1 aliphatic heterocycles. The molecule has 11 heteroatoms. The first-order valence-electron chi connectivity index (χ1n) is 12.3. The lowest BCUT2D eigenvalue weighted by atomic mass is 10.1. The third-order valence-corrected chi connectivity index (χ3v) is 7.27. The summed E-state index contributed by atoms with van der Waals surface area (Å²) >= 11 is 0. The summed E-state index contributed by atoms with van der Waals surface area (Å²) in [5, 5.41) is 0.483. The second-order valence-electron chi connectivity index (χ2n) is 9.65. The normalized spacial score (nSPS) is 19.2. The third kappa shape index (κ3) is 3.88. The number of rotatable bonds is 5. The smallest absolute Gasteiger partial charge is 0.246 e. The summed E-state index contributed by atoms with van der Waals surface area (Å²) in [5.41, 5.74) is 7.30. The van der Waals surface area contributed by atoms with E-state index in [2.05, 4.69) is 33.4 Å². The van der Waals surface area contributed by atoms with E-state index in [1.165, 1.54) is 18.5 Å². The first-order valence-corrected chi connectivity index (χ1v) is 12.3. The van der Waals surface area contributed by atoms with Gasteiger partial charge in [0, 0.05) is 32.0 Å². The maximum Gasteiger partial charge on any atom is 0.246 e. The highest BCUT2D eigenvalue weighted by molar-refractivity contribution is 5.93. The van der Waals surface area contributed by atoms with E-state index in [1.807, 2.05) is 9.13 Å². The Kier molecular flexibility index (Phi) is 5.84. The second kappa shape index (κ2) is 9.22. The van der Waals surface area contributed by atoms with Crippen molar-refractivity contribution < 1.29 is 18.3 Å². The van der Waals surface area contributed by atoms with Gasteiger partial charge in [-0.2, -0.15) is 0 Å². The number of hydrogen-bond acceptors (Lipinski definition) is 6. The predicted octanol–water partition coefficient (Wildman–Crippen LogP) is 3.35. The Morgan fingerprint density at radius 2 is 2.05 bits per heavy atom. The van der Waals surface area contributed by atoms with Gasteiger partial charge >= 0.3 is 0 Å². The van der Waals surface area contributed by atoms with E-state index in [9.17, 15) is 4.79 Å². The van der Waals surface area contributed by atoms with Gasteiger partial charge in [-0.3, -0.25) is 4.79 Å². The van der Waals surface area contributed by atoms with Crippen LogP contribution in [0.3, 0.4) is 0 Å². The fraction of sp³-hybridized carbons (Fsp3) is 0.333. The van der Waals surface area contributed by atoms with Crippen molar-refractivity contribution in [2.75, 3.05) is 26.0 Å². The number of carbonyl (C=O) groups is 1. The van der Waals surface area contributed by atoms with Crippen LogP contribution in [0.25, 0.3) is 22.1 Å². The molecule has 0 radical (unpaired) electrons. The standard InChI is InChI=1S/C27H25F2N7O2/c1-3-22(37)34-11-17(8-18(34)12-38-2)35-10-15(23-26(30)31-13-32-27(23)35)4-7-19-20(28)9-21-25(24(19)29)33-14-36(21)16-5-6-16/h3,9-10,13-14,16-18H,1,5-6,8,11-12H2,2H3,(H2,30,31,32)/t17-,18+/m0/s1. The molecule has 1 saturated heterocycles. The van der Waals surface area contributed by atoms with Crippen LogP contribution in [0.15, 0.2) is 37.6 Å². The molecular formula is C27H25F2N7O2. The van der Waals surface area contributed by atoms with Gasteiger partial charge in [-0.1, -0.05) is 18.4 Å². The van der Waals surface area contributed by atoms with E-state index < -0.39 is 11.6 Å². The number of benzene rings is 1. The Bertz CT molecular complexity index is 1660. The van der Waals surface area contributed by atoms with Crippen LogP contribution in [0.2, 0.25) is 0 Å². The number of fused-ring (bicyclic) bond motifs is 2. The van der Waals surface area contributed by atoms with Gasteiger partial charge < -0.3 is 24.5 Å². The van der Waals surface area contributed by atoms with Crippen LogP contribution in [0, 0.1) is 23.5 Å². The lowest BCUT2D eigenvalue weighted by Gasteiger charge is -2.22. The molecule has 9 nitrogen and oxygen atoms in total. The summed E-state index contributed by atoms with van der Waals surface area (Å²) in [5.74, 6) is 4.01. The van der Waals surface area contributed by atoms with E-state index in [-0.39, 0.29) is 40.9 Å². The van der Waals surface area contributed by atoms with Gasteiger partial charge in [-0.05, 0) is 25.3 Å². The van der Waals surface area contributed by atoms with Crippen molar-refractivity contribution in [2.45, 2.75) is 37.4 Å². The number of methoxy groups -OCH3 is 1. The minimum Gasteiger partial charge on any atom is -0.383 e. The Labute approximate surface area is 216 Å². The Hall–Kier alpha value is -4.30. The van der Waals surface area contributed by atoms with Gasteiger partial charge in [0.1, 0.15) is 29.1 Å². The highest BCUT2D eigenvalue weighted by atomic mass is 19.1. The van der Waals surface area contributed by atoms with Crippen LogP contribution in [0.4, 0.5) is 14.6 Å². The summed E-state index contributed by atoms with van der Waals surface area (Å²) in [7, 11) is 1.59. The summed E-state index contributed by atoms with van der Waals surface area (Å²) < 4.78 is 39.4. The average molecular weight is 518 g/mol. The fourth-order valence-corrected chi connectivity index (χ4v) is 5.30. The number of ether oxygens (including phenoxy) is 1. The number of aromatic nitrogens is 5. The SMILES string of the molecule is C=CC(=O)N1C[C@@H](n2cc(C#Cc3c(F)cc4c(ncn4C4CC4)c3F)c3c(N)ncnc32)C[C@@H]1COC. The molecule has 194 valence electrons. The maximum atomic E-state index is 15.3. The first-order chi connectivity index (χ1) is 18.4. The summed E-state index contributed by atoms with van der Waals surface area (Å²) in [6.45, 7) is 4.38. The molecule has 4 heterocycles. The van der Waals surface area contributed by atoms with Crippen LogP contribution in [-0.4, -0.2) is 61.2 Å². The number of nitrogens with zero attached hydrogens (tertiary/aromatic N) is 6. The minimum absolute atomic E-state index is 0.0926. The second-order valence-corrected chi connectivity index (χ2v) is 9.65. The number of hydrogen-bond donors (Lipinski definition) is 1. The molecule has 2 fully saturated rings. The van der Waals surface area contributed by atoms with Crippen molar-refractivity contribution in [1.82, 2.24) is 29.0 Å². The fourth-order valence-electron chi connectivity index (χ4n) is 5.30. The van der Waals surface area contributed by atoms with Crippen LogP contribution >= 0.6 is 0 Å². The molecule has 3 aromatic heterocycles. The Morgan fingerprint density at radius 3 is 2.79 bits per heavy atom. The number of anilines is 1. The third-order valence-electron chi connectivity index (χ3n) is 7.27. The average Bonchev–Trinajstić information content (AvgIpc) is 3.34. The van der Waals surface area contributed by atoms with Crippen molar-refractivity contribution >= 4 is 33.8 Å². The Morgan fingerprint density at radius 1 is 1.24 bits per heavy atom. The topological polar surface area (TPSA) is 104 Å². The van der Waals surface area contributed by atoms with Crippen molar-refractivity contribution in [3.63, 3.8) is 0 Å². The number of imidazole rings is 1. The van der Waals surface area contributed by atoms with E-state index in [1.54, 1.807) is 24.5 Å². The number of nitrogens with two attached hydrogens (primary N) is 1. The van der Waals surface area contributed by atoms with Gasteiger partial charge in [-0.15, -0.1) is 0 Å². The molecule has 2 N–H and O–H groups in total. The molecule has 1 aromatic carbocycles. The van der Waals surface area contributed by atoms with Crippen molar-refractivity contribution in [3.8, 4) is 11.8 Å². The van der Waals surface area contributed by atoms with E-state index in [0.717, 1.165) is 12.8 Å². The maximum absolute atomic E-state index is 15.3. The van der Waals surface area contributed by atoms with E-state index in [0.29, 0.717) is 41.7 Å². The number of halogens is 2. The largest absolute Gasteiger partial charge is 0.383 e. The molecule has 0 spiro atoms. The monoisotopic (exact) mass is 517 g/mol. The lowest BCUT2D eigenvalue weighted by molar-refractivity contribution is -0.127. The summed E-state index contributed by atoms with van der Waals surface area (Å²) in [4.78, 5) is 26.8. The van der Waals surface area contributed by atoms with Gasteiger partial charge in [0.05, 0.1) is 47.0 Å². The number of nitrogen functional groups attached to an aromatic ring is 1. The number of carbonyl (C=O) groups excluding carboxylic acids is 1. The first kappa shape index (κ1) is 24.1. The highest BCUT2D eigenvalue weighted by Crippen LogP contribution is 2.38. The molecule has 6 rings (SSSR count). The molecule has 38 heavy (non-hydrogen) atoms. The van der Waals surface area contributed by atoms with Gasteiger partial charge in [-0.25, -0.2) is 23.7 Å². The summed E-state index contributed by atoms with van der Waals surface area (Å²) in [6.07, 6.45) is 8.47. The van der Waals surface area contributed by atoms with Crippen LogP contribution in [0.5, 0.6) is 0 Å². The molecular weight excluding hydrogens is 492 g/mol. The van der Waals surface area contributed by atoms with E-state index >= 15 is 8.78 Å². The van der Waals surface area contributed by atoms with Gasteiger partial charge in [0.15, 0.2) is 5.82 Å². The zero-order valence-corrected chi connectivity index (χ0v) is 20.7. The van der Waals surface area contributed by atoms with Crippen molar-refractivity contribution in [2.24, 2.45) is 0 Å². The van der Waals surface area contributed by atoms with Crippen molar-refractivity contribution in [3.05, 3.63) is 60.3 Å². The molecule has 0 unspecified atom stereocenters. The van der Waals surface area contributed by atoms with Crippen LogP contribution < -0.4 is 5.73 Å². The zero-order valence-electron chi connectivity index (χ0n) is 20.7. The van der Waals surface area contributed by atoms with Gasteiger partial charge in [0.25, 0.3) is 0 Å². The zero-order chi connectivity index (χ0) is 26.6.